The van der Waals surface area contributed by atoms with E-state index in [0.29, 0.717) is 18.1 Å². The highest BCUT2D eigenvalue weighted by molar-refractivity contribution is 5.92. The Bertz CT molecular complexity index is 924. The van der Waals surface area contributed by atoms with E-state index < -0.39 is 12.0 Å². The molecule has 1 amide bonds. The minimum absolute atomic E-state index is 0.0596. The Kier molecular flexibility index (Phi) is 6.11. The van der Waals surface area contributed by atoms with E-state index in [0.717, 1.165) is 11.3 Å². The van der Waals surface area contributed by atoms with Crippen LogP contribution in [0.4, 0.5) is 5.95 Å². The van der Waals surface area contributed by atoms with Crippen LogP contribution in [0.15, 0.2) is 53.1 Å². The average molecular weight is 383 g/mol. The third kappa shape index (κ3) is 4.59. The molecule has 0 radical (unpaired) electrons. The first-order valence-corrected chi connectivity index (χ1v) is 8.78. The highest BCUT2D eigenvalue weighted by atomic mass is 16.5. The number of para-hydroxylation sites is 2. The molecule has 28 heavy (non-hydrogen) atoms. The second-order valence-electron chi connectivity index (χ2n) is 5.78. The van der Waals surface area contributed by atoms with Crippen molar-refractivity contribution in [1.29, 1.82) is 0 Å². The Balaban J connectivity index is 1.63. The molecule has 0 saturated carbocycles. The summed E-state index contributed by atoms with van der Waals surface area (Å²) in [6.07, 6.45) is -0.788. The summed E-state index contributed by atoms with van der Waals surface area (Å²) in [4.78, 5) is 16.6. The lowest BCUT2D eigenvalue weighted by molar-refractivity contribution is -0.122. The number of rotatable bonds is 8. The van der Waals surface area contributed by atoms with Crippen molar-refractivity contribution < 1.29 is 23.5 Å². The third-order valence-corrected chi connectivity index (χ3v) is 3.82. The molecule has 1 unspecified atom stereocenters. The average Bonchev–Trinajstić information content (AvgIpc) is 3.17. The van der Waals surface area contributed by atoms with Crippen LogP contribution in [0.25, 0.3) is 11.5 Å². The van der Waals surface area contributed by atoms with Gasteiger partial charge in [0.15, 0.2) is 17.6 Å². The topological polar surface area (TPSA) is 95.7 Å². The first kappa shape index (κ1) is 19.2. The number of amides is 1. The third-order valence-electron chi connectivity index (χ3n) is 3.82. The van der Waals surface area contributed by atoms with Gasteiger partial charge in [-0.15, -0.1) is 0 Å². The van der Waals surface area contributed by atoms with Crippen molar-refractivity contribution in [1.82, 2.24) is 10.1 Å². The molecule has 0 aliphatic carbocycles. The fourth-order valence-electron chi connectivity index (χ4n) is 2.42. The van der Waals surface area contributed by atoms with Crippen molar-refractivity contribution in [3.8, 4) is 28.7 Å². The number of methoxy groups -OCH3 is 1. The van der Waals surface area contributed by atoms with E-state index in [1.807, 2.05) is 25.1 Å². The van der Waals surface area contributed by atoms with Crippen LogP contribution in [0, 0.1) is 0 Å². The van der Waals surface area contributed by atoms with E-state index in [1.54, 1.807) is 37.3 Å². The fraction of sp³-hybridized carbons (Fsp3) is 0.250. The number of aromatic nitrogens is 2. The molecular formula is C20H21N3O5. The molecule has 1 heterocycles. The maximum atomic E-state index is 12.4. The van der Waals surface area contributed by atoms with Crippen molar-refractivity contribution in [3.63, 3.8) is 0 Å². The normalized spacial score (nSPS) is 11.5. The van der Waals surface area contributed by atoms with E-state index in [2.05, 4.69) is 15.5 Å². The summed E-state index contributed by atoms with van der Waals surface area (Å²) < 4.78 is 21.5. The predicted molar refractivity (Wildman–Crippen MR) is 103 cm³/mol. The van der Waals surface area contributed by atoms with Gasteiger partial charge >= 0.3 is 0 Å². The summed E-state index contributed by atoms with van der Waals surface area (Å²) in [6.45, 7) is 4.12. The van der Waals surface area contributed by atoms with Gasteiger partial charge in [0.25, 0.3) is 17.7 Å². The standard InChI is InChI=1S/C20H21N3O5/c1-4-26-15-11-9-14(10-12-15)19-22-20(23-28-19)21-18(24)13(2)27-17-8-6-5-7-16(17)25-3/h5-13H,4H2,1-3H3,(H,21,23,24). The summed E-state index contributed by atoms with van der Waals surface area (Å²) in [7, 11) is 1.54. The summed E-state index contributed by atoms with van der Waals surface area (Å²) in [5.74, 6) is 1.70. The first-order chi connectivity index (χ1) is 13.6. The largest absolute Gasteiger partial charge is 0.494 e. The summed E-state index contributed by atoms with van der Waals surface area (Å²) in [5.41, 5.74) is 0.717. The minimum Gasteiger partial charge on any atom is -0.494 e. The molecule has 8 heteroatoms. The molecule has 2 aromatic carbocycles. The monoisotopic (exact) mass is 383 g/mol. The number of hydrogen-bond donors (Lipinski definition) is 1. The van der Waals surface area contributed by atoms with Gasteiger partial charge in [-0.05, 0) is 55.4 Å². The van der Waals surface area contributed by atoms with Gasteiger partial charge in [0.05, 0.1) is 13.7 Å². The first-order valence-electron chi connectivity index (χ1n) is 8.78. The number of nitrogens with zero attached hydrogens (tertiary/aromatic N) is 2. The Morgan fingerprint density at radius 3 is 2.54 bits per heavy atom. The molecule has 0 saturated heterocycles. The molecule has 0 aliphatic rings. The molecule has 1 atom stereocenters. The lowest BCUT2D eigenvalue weighted by Gasteiger charge is -2.15. The van der Waals surface area contributed by atoms with E-state index in [1.165, 1.54) is 7.11 Å². The zero-order valence-electron chi connectivity index (χ0n) is 15.8. The van der Waals surface area contributed by atoms with Gasteiger partial charge < -0.3 is 18.7 Å². The van der Waals surface area contributed by atoms with Crippen LogP contribution in [0.3, 0.4) is 0 Å². The van der Waals surface area contributed by atoms with Crippen molar-refractivity contribution in [2.45, 2.75) is 20.0 Å². The van der Waals surface area contributed by atoms with E-state index in [-0.39, 0.29) is 11.8 Å². The number of nitrogens with one attached hydrogen (secondary N) is 1. The van der Waals surface area contributed by atoms with Gasteiger partial charge in [-0.3, -0.25) is 10.1 Å². The van der Waals surface area contributed by atoms with E-state index >= 15 is 0 Å². The Morgan fingerprint density at radius 2 is 1.86 bits per heavy atom. The van der Waals surface area contributed by atoms with Crippen LogP contribution in [0.2, 0.25) is 0 Å². The number of anilines is 1. The maximum Gasteiger partial charge on any atom is 0.270 e. The molecule has 8 nitrogen and oxygen atoms in total. The molecule has 0 spiro atoms. The second-order valence-corrected chi connectivity index (χ2v) is 5.78. The zero-order valence-corrected chi connectivity index (χ0v) is 15.8. The number of ether oxygens (including phenoxy) is 3. The van der Waals surface area contributed by atoms with Crippen LogP contribution in [-0.2, 0) is 4.79 Å². The van der Waals surface area contributed by atoms with Gasteiger partial charge in [-0.25, -0.2) is 0 Å². The summed E-state index contributed by atoms with van der Waals surface area (Å²) >= 11 is 0. The number of benzene rings is 2. The van der Waals surface area contributed by atoms with E-state index in [9.17, 15) is 4.79 Å². The summed E-state index contributed by atoms with van der Waals surface area (Å²) in [5, 5.41) is 6.36. The molecule has 0 aliphatic heterocycles. The Hall–Kier alpha value is -3.55. The molecule has 3 aromatic rings. The smallest absolute Gasteiger partial charge is 0.270 e. The number of carbonyl (C=O) groups is 1. The van der Waals surface area contributed by atoms with Crippen molar-refractivity contribution >= 4 is 11.9 Å². The lowest BCUT2D eigenvalue weighted by atomic mass is 10.2. The quantitative estimate of drug-likeness (QED) is 0.635. The Labute approximate surface area is 162 Å². The van der Waals surface area contributed by atoms with Crippen molar-refractivity contribution in [2.24, 2.45) is 0 Å². The molecule has 0 bridgehead atoms. The van der Waals surface area contributed by atoms with Crippen molar-refractivity contribution in [3.05, 3.63) is 48.5 Å². The molecule has 0 fully saturated rings. The maximum absolute atomic E-state index is 12.4. The van der Waals surface area contributed by atoms with Crippen molar-refractivity contribution in [2.75, 3.05) is 19.0 Å². The second kappa shape index (κ2) is 8.90. The van der Waals surface area contributed by atoms with Gasteiger partial charge in [0, 0.05) is 5.56 Å². The number of carbonyl (C=O) groups excluding carboxylic acids is 1. The highest BCUT2D eigenvalue weighted by Crippen LogP contribution is 2.27. The predicted octanol–water partition coefficient (Wildman–Crippen LogP) is 3.55. The molecule has 1 aromatic heterocycles. The number of hydrogen-bond acceptors (Lipinski definition) is 7. The minimum atomic E-state index is -0.788. The zero-order chi connectivity index (χ0) is 19.9. The van der Waals surface area contributed by atoms with Gasteiger partial charge in [0.1, 0.15) is 5.75 Å². The molecule has 146 valence electrons. The van der Waals surface area contributed by atoms with Crippen LogP contribution in [0.1, 0.15) is 13.8 Å². The van der Waals surface area contributed by atoms with Crippen LogP contribution < -0.4 is 19.5 Å². The molecule has 1 N–H and O–H groups in total. The van der Waals surface area contributed by atoms with E-state index in [4.69, 9.17) is 18.7 Å². The van der Waals surface area contributed by atoms with Crippen LogP contribution in [0.5, 0.6) is 17.2 Å². The van der Waals surface area contributed by atoms with Gasteiger partial charge in [-0.1, -0.05) is 12.1 Å². The molecular weight excluding hydrogens is 362 g/mol. The van der Waals surface area contributed by atoms with Crippen LogP contribution >= 0.6 is 0 Å². The Morgan fingerprint density at radius 1 is 1.14 bits per heavy atom. The fourth-order valence-corrected chi connectivity index (χ4v) is 2.42. The van der Waals surface area contributed by atoms with Gasteiger partial charge in [0.2, 0.25) is 0 Å². The highest BCUT2D eigenvalue weighted by Gasteiger charge is 2.19. The van der Waals surface area contributed by atoms with Gasteiger partial charge in [-0.2, -0.15) is 4.98 Å². The lowest BCUT2D eigenvalue weighted by Crippen LogP contribution is -2.30. The SMILES string of the molecule is CCOc1ccc(-c2nc(NC(=O)C(C)Oc3ccccc3OC)no2)cc1. The molecule has 3 rings (SSSR count). The summed E-state index contributed by atoms with van der Waals surface area (Å²) in [6, 6.07) is 14.3. The van der Waals surface area contributed by atoms with Crippen LogP contribution in [-0.4, -0.2) is 35.9 Å².